The molecule has 272 valence electrons. The van der Waals surface area contributed by atoms with Crippen LogP contribution in [0.4, 0.5) is 11.5 Å². The second kappa shape index (κ2) is 13.0. The molecule has 3 fully saturated rings. The summed E-state index contributed by atoms with van der Waals surface area (Å²) in [4.78, 5) is 66.4. The largest absolute Gasteiger partial charge is 0.460 e. The number of imide groups is 1. The fourth-order valence-electron chi connectivity index (χ4n) is 8.21. The zero-order chi connectivity index (χ0) is 36.4. The molecule has 4 aliphatic rings. The van der Waals surface area contributed by atoms with E-state index >= 15 is 0 Å². The highest BCUT2D eigenvalue weighted by molar-refractivity contribution is 6.00. The Hall–Kier alpha value is -5.76. The maximum Gasteiger partial charge on any atom is 0.329 e. The van der Waals surface area contributed by atoms with Crippen molar-refractivity contribution in [3.8, 4) is 22.6 Å². The molecule has 1 unspecified atom stereocenters. The number of pyridine rings is 2. The summed E-state index contributed by atoms with van der Waals surface area (Å²) in [6, 6.07) is 15.2. The third kappa shape index (κ3) is 6.06. The number of benzene rings is 1. The van der Waals surface area contributed by atoms with Gasteiger partial charge in [-0.3, -0.25) is 38.7 Å². The van der Waals surface area contributed by atoms with Gasteiger partial charge in [0.2, 0.25) is 11.8 Å². The standard InChI is InChI=1S/C39H41N9O5/c1-23-15-34-28(37(50)42-23)18-33(53-34)25-9-10-40-29(16-25)26-3-7-35(41-19-26)46-13-11-45(12-14-46)20-24-21-47(22-24)27-4-5-30-32(17-27)44(2)39(52)48(30)31-6-8-36(49)43-38(31)51/h3-5,7,9-10,16-19,23-24,31H,6,8,11-15,20-22H2,1-2H3,(H,42,50)(H,43,49,51)/t23-,31?/m1/s1. The van der Waals surface area contributed by atoms with Gasteiger partial charge in [-0.15, -0.1) is 0 Å². The molecular weight excluding hydrogens is 674 g/mol. The number of anilines is 2. The minimum atomic E-state index is -0.685. The molecule has 53 heavy (non-hydrogen) atoms. The number of piperidine rings is 1. The quantitative estimate of drug-likeness (QED) is 0.241. The highest BCUT2D eigenvalue weighted by atomic mass is 16.3. The van der Waals surface area contributed by atoms with Gasteiger partial charge in [-0.2, -0.15) is 0 Å². The smallest absolute Gasteiger partial charge is 0.329 e. The average Bonchev–Trinajstić information content (AvgIpc) is 3.68. The minimum Gasteiger partial charge on any atom is -0.460 e. The molecule has 2 N–H and O–H groups in total. The van der Waals surface area contributed by atoms with Crippen molar-refractivity contribution in [3.05, 3.63) is 82.7 Å². The number of amides is 3. The van der Waals surface area contributed by atoms with E-state index in [0.717, 1.165) is 85.4 Å². The Morgan fingerprint density at radius 2 is 1.72 bits per heavy atom. The van der Waals surface area contributed by atoms with Gasteiger partial charge in [0.25, 0.3) is 5.91 Å². The average molecular weight is 716 g/mol. The van der Waals surface area contributed by atoms with Gasteiger partial charge in [0, 0.05) is 107 Å². The number of aromatic nitrogens is 4. The topological polar surface area (TPSA) is 151 Å². The summed E-state index contributed by atoms with van der Waals surface area (Å²) >= 11 is 0. The third-order valence-electron chi connectivity index (χ3n) is 11.1. The SMILES string of the molecule is C[C@@H]1Cc2oc(-c3ccnc(-c4ccc(N5CCN(CC6CN(c7ccc8c(c7)n(C)c(=O)n8C7CCC(=O)NC7=O)C6)CC5)nc4)c3)cc2C(=O)N1. The van der Waals surface area contributed by atoms with Crippen LogP contribution in [-0.2, 0) is 23.1 Å². The first-order chi connectivity index (χ1) is 25.7. The van der Waals surface area contributed by atoms with E-state index in [1.807, 2.05) is 49.5 Å². The Bertz CT molecular complexity index is 2310. The number of nitrogens with one attached hydrogen (secondary N) is 2. The Morgan fingerprint density at radius 1 is 0.887 bits per heavy atom. The molecule has 0 radical (unpaired) electrons. The van der Waals surface area contributed by atoms with Crippen molar-refractivity contribution in [1.82, 2.24) is 34.6 Å². The van der Waals surface area contributed by atoms with Crippen molar-refractivity contribution >= 4 is 40.3 Å². The summed E-state index contributed by atoms with van der Waals surface area (Å²) in [6.45, 7) is 8.64. The Balaban J connectivity index is 0.785. The lowest BCUT2D eigenvalue weighted by atomic mass is 9.98. The number of nitrogens with zero attached hydrogens (tertiary/aromatic N) is 7. The van der Waals surface area contributed by atoms with E-state index in [9.17, 15) is 19.2 Å². The highest BCUT2D eigenvalue weighted by Crippen LogP contribution is 2.32. The fraction of sp³-hybridized carbons (Fsp3) is 0.385. The number of carbonyl (C=O) groups excluding carboxylic acids is 3. The van der Waals surface area contributed by atoms with E-state index in [-0.39, 0.29) is 30.0 Å². The number of rotatable bonds is 7. The molecule has 4 aromatic heterocycles. The van der Waals surface area contributed by atoms with E-state index in [2.05, 4.69) is 42.5 Å². The first-order valence-electron chi connectivity index (χ1n) is 18.3. The van der Waals surface area contributed by atoms with Crippen LogP contribution in [0.2, 0.25) is 0 Å². The molecule has 4 aliphatic heterocycles. The predicted octanol–water partition coefficient (Wildman–Crippen LogP) is 2.97. The summed E-state index contributed by atoms with van der Waals surface area (Å²) in [5.41, 5.74) is 5.48. The summed E-state index contributed by atoms with van der Waals surface area (Å²) in [6.07, 6.45) is 4.85. The second-order valence-electron chi connectivity index (χ2n) is 14.8. The first-order valence-corrected chi connectivity index (χ1v) is 18.3. The molecule has 3 saturated heterocycles. The number of fused-ring (bicyclic) bond motifs is 2. The molecule has 0 aliphatic carbocycles. The number of piperazine rings is 1. The number of imidazole rings is 1. The van der Waals surface area contributed by atoms with E-state index in [1.165, 1.54) is 4.57 Å². The van der Waals surface area contributed by atoms with Gasteiger partial charge in [0.1, 0.15) is 23.4 Å². The van der Waals surface area contributed by atoms with E-state index in [4.69, 9.17) is 9.40 Å². The molecule has 1 aromatic carbocycles. The van der Waals surface area contributed by atoms with E-state index < -0.39 is 11.9 Å². The van der Waals surface area contributed by atoms with Crippen LogP contribution in [0.5, 0.6) is 0 Å². The van der Waals surface area contributed by atoms with Crippen molar-refractivity contribution < 1.29 is 18.8 Å². The van der Waals surface area contributed by atoms with Crippen molar-refractivity contribution in [2.24, 2.45) is 13.0 Å². The number of hydrogen-bond acceptors (Lipinski definition) is 10. The third-order valence-corrected chi connectivity index (χ3v) is 11.1. The number of carbonyl (C=O) groups is 3. The predicted molar refractivity (Wildman–Crippen MR) is 199 cm³/mol. The van der Waals surface area contributed by atoms with Gasteiger partial charge >= 0.3 is 5.69 Å². The first kappa shape index (κ1) is 33.1. The monoisotopic (exact) mass is 715 g/mol. The van der Waals surface area contributed by atoms with Crippen LogP contribution >= 0.6 is 0 Å². The summed E-state index contributed by atoms with van der Waals surface area (Å²) < 4.78 is 9.21. The summed E-state index contributed by atoms with van der Waals surface area (Å²) in [5.74, 6) is 2.08. The number of hydrogen-bond donors (Lipinski definition) is 2. The van der Waals surface area contributed by atoms with Gasteiger partial charge in [-0.05, 0) is 61.9 Å². The summed E-state index contributed by atoms with van der Waals surface area (Å²) in [7, 11) is 1.73. The van der Waals surface area contributed by atoms with Crippen LogP contribution in [0.15, 0.2) is 70.1 Å². The molecule has 2 atom stereocenters. The lowest BCUT2D eigenvalue weighted by molar-refractivity contribution is -0.135. The Kier molecular flexibility index (Phi) is 8.13. The molecule has 0 bridgehead atoms. The van der Waals surface area contributed by atoms with Crippen LogP contribution < -0.4 is 26.1 Å². The van der Waals surface area contributed by atoms with Crippen LogP contribution in [0.25, 0.3) is 33.6 Å². The van der Waals surface area contributed by atoms with Crippen LogP contribution in [0.1, 0.15) is 41.9 Å². The van der Waals surface area contributed by atoms with Gasteiger partial charge in [0.05, 0.1) is 22.3 Å². The molecule has 14 nitrogen and oxygen atoms in total. The van der Waals surface area contributed by atoms with Gasteiger partial charge < -0.3 is 19.5 Å². The molecule has 8 heterocycles. The van der Waals surface area contributed by atoms with Crippen LogP contribution in [-0.4, -0.2) is 93.6 Å². The molecule has 0 saturated carbocycles. The van der Waals surface area contributed by atoms with Gasteiger partial charge in [-0.25, -0.2) is 9.78 Å². The van der Waals surface area contributed by atoms with E-state index in [1.54, 1.807) is 17.8 Å². The maximum atomic E-state index is 13.2. The number of furan rings is 1. The fourth-order valence-corrected chi connectivity index (χ4v) is 8.21. The molecule has 9 rings (SSSR count). The number of aryl methyl sites for hydroxylation is 1. The molecule has 0 spiro atoms. The molecule has 14 heteroatoms. The van der Waals surface area contributed by atoms with Crippen LogP contribution in [0, 0.1) is 5.92 Å². The normalized spacial score (nSPS) is 21.1. The molecule has 3 amide bonds. The van der Waals surface area contributed by atoms with Gasteiger partial charge in [0.15, 0.2) is 0 Å². The maximum absolute atomic E-state index is 13.2. The van der Waals surface area contributed by atoms with E-state index in [0.29, 0.717) is 35.6 Å². The zero-order valence-electron chi connectivity index (χ0n) is 29.7. The zero-order valence-corrected chi connectivity index (χ0v) is 29.7. The van der Waals surface area contributed by atoms with Crippen molar-refractivity contribution in [2.45, 2.75) is 38.3 Å². The Morgan fingerprint density at radius 3 is 2.49 bits per heavy atom. The minimum absolute atomic E-state index is 0.0497. The second-order valence-corrected chi connectivity index (χ2v) is 14.8. The lowest BCUT2D eigenvalue weighted by Crippen LogP contribution is -2.55. The lowest BCUT2D eigenvalue weighted by Gasteiger charge is -2.45. The van der Waals surface area contributed by atoms with Crippen molar-refractivity contribution in [3.63, 3.8) is 0 Å². The van der Waals surface area contributed by atoms with Gasteiger partial charge in [-0.1, -0.05) is 0 Å². The Labute approximate surface area is 305 Å². The molecular formula is C39H41N9O5. The molecule has 5 aromatic rings. The summed E-state index contributed by atoms with van der Waals surface area (Å²) in [5, 5.41) is 5.33. The highest BCUT2D eigenvalue weighted by Gasteiger charge is 2.33. The van der Waals surface area contributed by atoms with Crippen molar-refractivity contribution in [1.29, 1.82) is 0 Å². The van der Waals surface area contributed by atoms with Crippen molar-refractivity contribution in [2.75, 3.05) is 55.6 Å². The van der Waals surface area contributed by atoms with Crippen LogP contribution in [0.3, 0.4) is 0 Å².